The van der Waals surface area contributed by atoms with E-state index in [9.17, 15) is 0 Å². The molecule has 96 valence electrons. The summed E-state index contributed by atoms with van der Waals surface area (Å²) in [4.78, 5) is 4.43. The van der Waals surface area contributed by atoms with Crippen molar-refractivity contribution >= 4 is 5.95 Å². The van der Waals surface area contributed by atoms with Gasteiger partial charge in [-0.2, -0.15) is 0 Å². The van der Waals surface area contributed by atoms with Crippen LogP contribution in [0.4, 0.5) is 5.95 Å². The van der Waals surface area contributed by atoms with Crippen molar-refractivity contribution in [1.29, 1.82) is 0 Å². The Balaban J connectivity index is 1.90. The van der Waals surface area contributed by atoms with E-state index < -0.39 is 0 Å². The topological polar surface area (TPSA) is 29.9 Å². The Bertz CT molecular complexity index is 326. The van der Waals surface area contributed by atoms with Crippen LogP contribution < -0.4 is 5.32 Å². The number of hydrogen-bond acceptors (Lipinski definition) is 2. The van der Waals surface area contributed by atoms with Crippen LogP contribution in [-0.4, -0.2) is 15.6 Å². The Morgan fingerprint density at radius 2 is 2.24 bits per heavy atom. The van der Waals surface area contributed by atoms with E-state index in [1.807, 2.05) is 6.20 Å². The Morgan fingerprint density at radius 3 is 2.94 bits per heavy atom. The van der Waals surface area contributed by atoms with Gasteiger partial charge < -0.3 is 9.88 Å². The molecule has 0 saturated heterocycles. The van der Waals surface area contributed by atoms with Crippen LogP contribution in [0.3, 0.4) is 0 Å². The Labute approximate surface area is 105 Å². The summed E-state index contributed by atoms with van der Waals surface area (Å²) in [5.74, 6) is 1.89. The summed E-state index contributed by atoms with van der Waals surface area (Å²) < 4.78 is 2.24. The lowest BCUT2D eigenvalue weighted by Crippen LogP contribution is -2.25. The number of nitrogens with one attached hydrogen (secondary N) is 1. The van der Waals surface area contributed by atoms with Gasteiger partial charge in [-0.25, -0.2) is 4.98 Å². The van der Waals surface area contributed by atoms with E-state index in [1.165, 1.54) is 38.5 Å². The molecular formula is C14H25N3. The summed E-state index contributed by atoms with van der Waals surface area (Å²) in [6.45, 7) is 5.61. The average Bonchev–Trinajstić information content (AvgIpc) is 2.97. The van der Waals surface area contributed by atoms with Crippen molar-refractivity contribution < 1.29 is 0 Å². The lowest BCUT2D eigenvalue weighted by atomic mass is 10.0. The van der Waals surface area contributed by atoms with Crippen LogP contribution in [0.15, 0.2) is 12.4 Å². The molecule has 0 bridgehead atoms. The Hall–Kier alpha value is -0.990. The first-order valence-electron chi connectivity index (χ1n) is 7.09. The van der Waals surface area contributed by atoms with E-state index in [2.05, 4.69) is 34.9 Å². The average molecular weight is 235 g/mol. The molecular weight excluding hydrogens is 210 g/mol. The zero-order valence-electron chi connectivity index (χ0n) is 11.2. The predicted molar refractivity (Wildman–Crippen MR) is 72.2 cm³/mol. The molecule has 1 atom stereocenters. The van der Waals surface area contributed by atoms with Crippen LogP contribution >= 0.6 is 0 Å². The maximum atomic E-state index is 4.43. The molecule has 3 heteroatoms. The van der Waals surface area contributed by atoms with E-state index in [-0.39, 0.29) is 0 Å². The summed E-state index contributed by atoms with van der Waals surface area (Å²) >= 11 is 0. The number of rotatable bonds is 6. The van der Waals surface area contributed by atoms with Crippen LogP contribution in [-0.2, 0) is 6.54 Å². The zero-order chi connectivity index (χ0) is 12.1. The fourth-order valence-electron chi connectivity index (χ4n) is 2.74. The van der Waals surface area contributed by atoms with Gasteiger partial charge in [0.05, 0.1) is 0 Å². The molecule has 0 aliphatic heterocycles. The fourth-order valence-corrected chi connectivity index (χ4v) is 2.74. The molecule has 17 heavy (non-hydrogen) atoms. The molecule has 0 radical (unpaired) electrons. The van der Waals surface area contributed by atoms with Crippen molar-refractivity contribution in [2.24, 2.45) is 5.92 Å². The molecule has 0 spiro atoms. The highest BCUT2D eigenvalue weighted by Crippen LogP contribution is 2.28. The Kier molecular flexibility index (Phi) is 4.46. The molecule has 1 saturated carbocycles. The van der Waals surface area contributed by atoms with E-state index in [1.54, 1.807) is 0 Å². The quantitative estimate of drug-likeness (QED) is 0.815. The van der Waals surface area contributed by atoms with Crippen molar-refractivity contribution in [2.75, 3.05) is 5.32 Å². The molecule has 3 nitrogen and oxygen atoms in total. The summed E-state index contributed by atoms with van der Waals surface area (Å²) in [5, 5.41) is 3.59. The lowest BCUT2D eigenvalue weighted by Gasteiger charge is -2.21. The lowest BCUT2D eigenvalue weighted by molar-refractivity contribution is 0.476. The maximum absolute atomic E-state index is 4.43. The van der Waals surface area contributed by atoms with Crippen LogP contribution in [0.25, 0.3) is 0 Å². The fraction of sp³-hybridized carbons (Fsp3) is 0.786. The first kappa shape index (κ1) is 12.5. The van der Waals surface area contributed by atoms with E-state index in [4.69, 9.17) is 0 Å². The van der Waals surface area contributed by atoms with Crippen LogP contribution in [0, 0.1) is 5.92 Å². The second-order valence-corrected chi connectivity index (χ2v) is 5.28. The summed E-state index contributed by atoms with van der Waals surface area (Å²) in [5.41, 5.74) is 0. The predicted octanol–water partition coefficient (Wildman–Crippen LogP) is 3.67. The largest absolute Gasteiger partial charge is 0.353 e. The highest BCUT2D eigenvalue weighted by atomic mass is 15.2. The summed E-state index contributed by atoms with van der Waals surface area (Å²) in [6.07, 6.45) is 12.0. The molecule has 1 aliphatic carbocycles. The number of hydrogen-bond donors (Lipinski definition) is 1. The van der Waals surface area contributed by atoms with Gasteiger partial charge in [-0.15, -0.1) is 0 Å². The standard InChI is InChI=1S/C14H25N3/c1-3-4-10-17-11-9-15-14(17)16-12(2)13-7-5-6-8-13/h9,11-13H,3-8,10H2,1-2H3,(H,15,16). The minimum Gasteiger partial charge on any atom is -0.353 e. The third kappa shape index (κ3) is 3.24. The molecule has 1 aromatic rings. The highest BCUT2D eigenvalue weighted by Gasteiger charge is 2.22. The zero-order valence-corrected chi connectivity index (χ0v) is 11.2. The van der Waals surface area contributed by atoms with Gasteiger partial charge in [-0.3, -0.25) is 0 Å². The number of anilines is 1. The molecule has 1 fully saturated rings. The van der Waals surface area contributed by atoms with Gasteiger partial charge in [0.2, 0.25) is 5.95 Å². The molecule has 2 rings (SSSR count). The van der Waals surface area contributed by atoms with Gasteiger partial charge in [-0.1, -0.05) is 26.2 Å². The second kappa shape index (κ2) is 6.08. The molecule has 1 aliphatic rings. The molecule has 1 N–H and O–H groups in total. The number of imidazole rings is 1. The van der Waals surface area contributed by atoms with Crippen molar-refractivity contribution in [3.05, 3.63) is 12.4 Å². The summed E-state index contributed by atoms with van der Waals surface area (Å²) in [7, 11) is 0. The maximum Gasteiger partial charge on any atom is 0.202 e. The normalized spacial score (nSPS) is 18.5. The first-order valence-corrected chi connectivity index (χ1v) is 7.09. The molecule has 1 aromatic heterocycles. The molecule has 1 unspecified atom stereocenters. The SMILES string of the molecule is CCCCn1ccnc1NC(C)C1CCCC1. The summed E-state index contributed by atoms with van der Waals surface area (Å²) in [6, 6.07) is 0.556. The first-order chi connectivity index (χ1) is 8.31. The van der Waals surface area contributed by atoms with Crippen molar-refractivity contribution in [1.82, 2.24) is 9.55 Å². The van der Waals surface area contributed by atoms with Gasteiger partial charge in [0.25, 0.3) is 0 Å². The molecule has 0 amide bonds. The molecule has 0 aromatic carbocycles. The molecule has 1 heterocycles. The third-order valence-corrected chi connectivity index (χ3v) is 3.93. The second-order valence-electron chi connectivity index (χ2n) is 5.28. The van der Waals surface area contributed by atoms with Crippen molar-refractivity contribution in [3.8, 4) is 0 Å². The number of unbranched alkanes of at least 4 members (excludes halogenated alkanes) is 1. The number of aryl methyl sites for hydroxylation is 1. The van der Waals surface area contributed by atoms with Gasteiger partial charge in [0.15, 0.2) is 0 Å². The van der Waals surface area contributed by atoms with E-state index in [0.29, 0.717) is 6.04 Å². The van der Waals surface area contributed by atoms with E-state index in [0.717, 1.165) is 18.4 Å². The van der Waals surface area contributed by atoms with Crippen LogP contribution in [0.5, 0.6) is 0 Å². The smallest absolute Gasteiger partial charge is 0.202 e. The number of aromatic nitrogens is 2. The van der Waals surface area contributed by atoms with Gasteiger partial charge in [-0.05, 0) is 32.1 Å². The van der Waals surface area contributed by atoms with Crippen LogP contribution in [0.2, 0.25) is 0 Å². The Morgan fingerprint density at radius 1 is 1.47 bits per heavy atom. The van der Waals surface area contributed by atoms with E-state index >= 15 is 0 Å². The van der Waals surface area contributed by atoms with Crippen molar-refractivity contribution in [3.63, 3.8) is 0 Å². The minimum absolute atomic E-state index is 0.556. The van der Waals surface area contributed by atoms with Gasteiger partial charge in [0.1, 0.15) is 0 Å². The van der Waals surface area contributed by atoms with Gasteiger partial charge >= 0.3 is 0 Å². The van der Waals surface area contributed by atoms with Gasteiger partial charge in [0, 0.05) is 25.0 Å². The number of nitrogens with zero attached hydrogens (tertiary/aromatic N) is 2. The van der Waals surface area contributed by atoms with Crippen molar-refractivity contribution in [2.45, 2.75) is 65.0 Å². The monoisotopic (exact) mass is 235 g/mol. The van der Waals surface area contributed by atoms with Crippen LogP contribution in [0.1, 0.15) is 52.4 Å². The minimum atomic E-state index is 0.556. The third-order valence-electron chi connectivity index (χ3n) is 3.93. The highest BCUT2D eigenvalue weighted by molar-refractivity contribution is 5.27.